The first kappa shape index (κ1) is 13.0. The number of hydrogen-bond acceptors (Lipinski definition) is 3. The highest BCUT2D eigenvalue weighted by Crippen LogP contribution is 2.28. The molecule has 3 aromatic rings. The summed E-state index contributed by atoms with van der Waals surface area (Å²) in [7, 11) is 0. The van der Waals surface area contributed by atoms with Crippen LogP contribution >= 0.6 is 11.3 Å². The third kappa shape index (κ3) is 2.61. The fourth-order valence-corrected chi connectivity index (χ4v) is 3.91. The number of thiophene rings is 1. The van der Waals surface area contributed by atoms with Gasteiger partial charge in [0, 0.05) is 23.9 Å². The topological polar surface area (TPSA) is 31.9 Å². The molecule has 0 radical (unpaired) electrons. The second-order valence-electron chi connectivity index (χ2n) is 5.94. The minimum absolute atomic E-state index is 0.540. The monoisotopic (exact) mass is 297 g/mol. The minimum Gasteiger partial charge on any atom is -0.342 e. The molecule has 3 nitrogen and oxygen atoms in total. The summed E-state index contributed by atoms with van der Waals surface area (Å²) >= 11 is 1.85. The number of fused-ring (bicyclic) bond motifs is 1. The van der Waals surface area contributed by atoms with Gasteiger partial charge in [0.1, 0.15) is 5.82 Å². The molecule has 108 valence electrons. The average Bonchev–Trinajstić information content (AvgIpc) is 3.18. The number of nitrogens with zero attached hydrogens (tertiary/aromatic N) is 2. The molecule has 1 N–H and O–H groups in total. The van der Waals surface area contributed by atoms with Crippen LogP contribution in [-0.4, -0.2) is 28.0 Å². The van der Waals surface area contributed by atoms with Gasteiger partial charge < -0.3 is 4.98 Å². The van der Waals surface area contributed by atoms with Crippen LogP contribution in [0.5, 0.6) is 0 Å². The lowest BCUT2D eigenvalue weighted by Gasteiger charge is -2.13. The number of imidazole rings is 1. The molecular formula is C17H19N3S. The van der Waals surface area contributed by atoms with Gasteiger partial charge in [-0.05, 0) is 49.0 Å². The van der Waals surface area contributed by atoms with Gasteiger partial charge in [-0.2, -0.15) is 0 Å². The van der Waals surface area contributed by atoms with Crippen LogP contribution in [0.3, 0.4) is 0 Å². The van der Waals surface area contributed by atoms with E-state index >= 15 is 0 Å². The molecule has 4 rings (SSSR count). The van der Waals surface area contributed by atoms with Gasteiger partial charge in [-0.3, -0.25) is 4.90 Å². The van der Waals surface area contributed by atoms with E-state index in [0.717, 1.165) is 24.4 Å². The third-order valence-corrected chi connectivity index (χ3v) is 5.14. The summed E-state index contributed by atoms with van der Waals surface area (Å²) < 4.78 is 0. The van der Waals surface area contributed by atoms with Gasteiger partial charge in [0.2, 0.25) is 0 Å². The Morgan fingerprint density at radius 1 is 1.38 bits per heavy atom. The van der Waals surface area contributed by atoms with E-state index in [2.05, 4.69) is 52.5 Å². The Bertz CT molecular complexity index is 745. The molecule has 3 heterocycles. The lowest BCUT2D eigenvalue weighted by atomic mass is 10.1. The highest BCUT2D eigenvalue weighted by atomic mass is 32.1. The predicted molar refractivity (Wildman–Crippen MR) is 87.8 cm³/mol. The summed E-state index contributed by atoms with van der Waals surface area (Å²) in [4.78, 5) is 12.3. The molecule has 0 amide bonds. The molecule has 1 saturated heterocycles. The van der Waals surface area contributed by atoms with E-state index in [4.69, 9.17) is 4.98 Å². The van der Waals surface area contributed by atoms with Gasteiger partial charge in [-0.15, -0.1) is 11.3 Å². The number of likely N-dealkylation sites (tertiary alicyclic amines) is 1. The normalized spacial score (nSPS) is 19.6. The first-order valence-corrected chi connectivity index (χ1v) is 8.37. The maximum Gasteiger partial charge on any atom is 0.111 e. The highest BCUT2D eigenvalue weighted by molar-refractivity contribution is 7.09. The molecule has 1 atom stereocenters. The van der Waals surface area contributed by atoms with Crippen molar-refractivity contribution >= 4 is 22.4 Å². The van der Waals surface area contributed by atoms with Crippen molar-refractivity contribution in [1.29, 1.82) is 0 Å². The number of rotatable bonds is 3. The number of H-pyrrole nitrogens is 1. The van der Waals surface area contributed by atoms with Gasteiger partial charge in [0.05, 0.1) is 11.0 Å². The maximum absolute atomic E-state index is 4.79. The fourth-order valence-electron chi connectivity index (χ4n) is 3.16. The Labute approximate surface area is 128 Å². The SMILES string of the molecule is Cc1ccc2nc([C@H]3CCN(Cc4cccs4)C3)[nH]c2c1. The molecule has 0 bridgehead atoms. The Morgan fingerprint density at radius 2 is 2.33 bits per heavy atom. The summed E-state index contributed by atoms with van der Waals surface area (Å²) in [5.74, 6) is 1.70. The molecule has 1 aromatic carbocycles. The number of aromatic nitrogens is 2. The van der Waals surface area contributed by atoms with Crippen molar-refractivity contribution in [2.45, 2.75) is 25.8 Å². The zero-order valence-electron chi connectivity index (χ0n) is 12.2. The average molecular weight is 297 g/mol. The lowest BCUT2D eigenvalue weighted by Crippen LogP contribution is -2.19. The second-order valence-corrected chi connectivity index (χ2v) is 6.97. The van der Waals surface area contributed by atoms with Crippen molar-refractivity contribution in [3.05, 3.63) is 52.0 Å². The van der Waals surface area contributed by atoms with Crippen LogP contribution < -0.4 is 0 Å². The van der Waals surface area contributed by atoms with Gasteiger partial charge in [-0.25, -0.2) is 4.98 Å². The van der Waals surface area contributed by atoms with Crippen LogP contribution in [0.2, 0.25) is 0 Å². The molecule has 21 heavy (non-hydrogen) atoms. The van der Waals surface area contributed by atoms with Crippen molar-refractivity contribution in [3.63, 3.8) is 0 Å². The standard InChI is InChI=1S/C17H19N3S/c1-12-4-5-15-16(9-12)19-17(18-15)13-6-7-20(10-13)11-14-3-2-8-21-14/h2-5,8-9,13H,6-7,10-11H2,1H3,(H,18,19)/t13-/m0/s1. The van der Waals surface area contributed by atoms with Crippen molar-refractivity contribution in [2.24, 2.45) is 0 Å². The first-order chi connectivity index (χ1) is 10.3. The zero-order chi connectivity index (χ0) is 14.2. The van der Waals surface area contributed by atoms with Crippen LogP contribution in [0.15, 0.2) is 35.7 Å². The van der Waals surface area contributed by atoms with Gasteiger partial charge in [0.15, 0.2) is 0 Å². The molecule has 0 unspecified atom stereocenters. The minimum atomic E-state index is 0.540. The number of hydrogen-bond donors (Lipinski definition) is 1. The molecule has 0 spiro atoms. The van der Waals surface area contributed by atoms with E-state index < -0.39 is 0 Å². The Morgan fingerprint density at radius 3 is 3.19 bits per heavy atom. The van der Waals surface area contributed by atoms with Gasteiger partial charge in [0.25, 0.3) is 0 Å². The summed E-state index contributed by atoms with van der Waals surface area (Å²) in [5.41, 5.74) is 3.54. The molecule has 1 aliphatic rings. The van der Waals surface area contributed by atoms with Crippen molar-refractivity contribution in [1.82, 2.24) is 14.9 Å². The number of aromatic amines is 1. The number of aryl methyl sites for hydroxylation is 1. The zero-order valence-corrected chi connectivity index (χ0v) is 13.0. The van der Waals surface area contributed by atoms with E-state index in [-0.39, 0.29) is 0 Å². The summed E-state index contributed by atoms with van der Waals surface area (Å²) in [5, 5.41) is 2.16. The fraction of sp³-hybridized carbons (Fsp3) is 0.353. The van der Waals surface area contributed by atoms with Crippen molar-refractivity contribution in [3.8, 4) is 0 Å². The molecular weight excluding hydrogens is 278 g/mol. The number of nitrogens with one attached hydrogen (secondary N) is 1. The smallest absolute Gasteiger partial charge is 0.111 e. The summed E-state index contributed by atoms with van der Waals surface area (Å²) in [6.45, 7) is 5.47. The van der Waals surface area contributed by atoms with Gasteiger partial charge >= 0.3 is 0 Å². The molecule has 2 aromatic heterocycles. The number of benzene rings is 1. The highest BCUT2D eigenvalue weighted by Gasteiger charge is 2.26. The Balaban J connectivity index is 1.51. The largest absolute Gasteiger partial charge is 0.342 e. The van der Waals surface area contributed by atoms with Crippen molar-refractivity contribution in [2.75, 3.05) is 13.1 Å². The molecule has 1 fully saturated rings. The van der Waals surface area contributed by atoms with Crippen LogP contribution in [-0.2, 0) is 6.54 Å². The first-order valence-electron chi connectivity index (χ1n) is 7.49. The lowest BCUT2D eigenvalue weighted by molar-refractivity contribution is 0.329. The Hall–Kier alpha value is -1.65. The molecule has 0 aliphatic carbocycles. The van der Waals surface area contributed by atoms with Crippen LogP contribution in [0.25, 0.3) is 11.0 Å². The van der Waals surface area contributed by atoms with Crippen LogP contribution in [0.1, 0.15) is 28.6 Å². The van der Waals surface area contributed by atoms with E-state index in [1.165, 1.54) is 28.9 Å². The van der Waals surface area contributed by atoms with Crippen LogP contribution in [0.4, 0.5) is 0 Å². The maximum atomic E-state index is 4.79. The van der Waals surface area contributed by atoms with E-state index in [1.807, 2.05) is 11.3 Å². The summed E-state index contributed by atoms with van der Waals surface area (Å²) in [6, 6.07) is 10.8. The quantitative estimate of drug-likeness (QED) is 0.794. The summed E-state index contributed by atoms with van der Waals surface area (Å²) in [6.07, 6.45) is 1.20. The third-order valence-electron chi connectivity index (χ3n) is 4.27. The molecule has 1 aliphatic heterocycles. The van der Waals surface area contributed by atoms with E-state index in [9.17, 15) is 0 Å². The molecule has 4 heteroatoms. The van der Waals surface area contributed by atoms with E-state index in [0.29, 0.717) is 5.92 Å². The van der Waals surface area contributed by atoms with Crippen LogP contribution in [0, 0.1) is 6.92 Å². The van der Waals surface area contributed by atoms with Gasteiger partial charge in [-0.1, -0.05) is 12.1 Å². The van der Waals surface area contributed by atoms with Crippen molar-refractivity contribution < 1.29 is 0 Å². The second kappa shape index (κ2) is 5.28. The van der Waals surface area contributed by atoms with E-state index in [1.54, 1.807) is 0 Å². The molecule has 0 saturated carbocycles. The predicted octanol–water partition coefficient (Wildman–Crippen LogP) is 3.92. The Kier molecular flexibility index (Phi) is 3.28.